The van der Waals surface area contributed by atoms with Crippen molar-refractivity contribution >= 4 is 11.8 Å². The maximum atomic E-state index is 12.8. The molecular weight excluding hydrogens is 588 g/mol. The van der Waals surface area contributed by atoms with E-state index >= 15 is 0 Å². The maximum Gasteiger partial charge on any atom is 0.306 e. The van der Waals surface area contributed by atoms with Crippen molar-refractivity contribution < 1.29 is 59.2 Å². The summed E-state index contributed by atoms with van der Waals surface area (Å²) in [6.45, 7) is 1.59. The number of ether oxygens (including phenoxy) is 4. The van der Waals surface area contributed by atoms with E-state index in [0.29, 0.717) is 24.8 Å². The van der Waals surface area contributed by atoms with Gasteiger partial charge in [0.15, 0.2) is 5.78 Å². The average molecular weight is 629 g/mol. The van der Waals surface area contributed by atoms with Crippen LogP contribution < -0.4 is 9.47 Å². The van der Waals surface area contributed by atoms with Crippen molar-refractivity contribution in [1.29, 1.82) is 0 Å². The van der Waals surface area contributed by atoms with Gasteiger partial charge in [-0.2, -0.15) is 0 Å². The Hall–Kier alpha value is -3.68. The number of esters is 1. The quantitative estimate of drug-likeness (QED) is 0.167. The highest BCUT2D eigenvalue weighted by Crippen LogP contribution is 2.43. The van der Waals surface area contributed by atoms with Gasteiger partial charge in [-0.05, 0) is 55.2 Å². The summed E-state index contributed by atoms with van der Waals surface area (Å²) in [5, 5.41) is 62.2. The number of aliphatic hydroxyl groups is 4. The Morgan fingerprint density at radius 2 is 1.76 bits per heavy atom. The molecule has 0 spiro atoms. The number of carbonyl (C=O) groups excluding carboxylic acids is 2. The highest BCUT2D eigenvalue weighted by atomic mass is 16.7. The highest BCUT2D eigenvalue weighted by Gasteiger charge is 2.46. The number of hydrogen-bond acceptors (Lipinski definition) is 12. The number of rotatable bonds is 10. The van der Waals surface area contributed by atoms with Gasteiger partial charge < -0.3 is 49.6 Å². The second-order valence-corrected chi connectivity index (χ2v) is 11.8. The van der Waals surface area contributed by atoms with E-state index in [2.05, 4.69) is 0 Å². The fourth-order valence-electron chi connectivity index (χ4n) is 6.24. The first-order valence-corrected chi connectivity index (χ1v) is 15.3. The van der Waals surface area contributed by atoms with Gasteiger partial charge >= 0.3 is 5.97 Å². The Morgan fingerprint density at radius 1 is 1.00 bits per heavy atom. The zero-order valence-electron chi connectivity index (χ0n) is 24.9. The summed E-state index contributed by atoms with van der Waals surface area (Å²) < 4.78 is 22.8. The SMILES string of the molecule is CC/C=C\C[C@@H]1[C@@H](CC(=O)OC[C@H]2O[C@@H](Oc3cc(O)c4c(c3)O[C@H](c3ccc(O)cc3)CC4=O)[C@H](O)[C@@H](O)[C@@H]2O)CC[C@@H]1O. The molecule has 3 aliphatic rings. The smallest absolute Gasteiger partial charge is 0.306 e. The molecule has 1 saturated carbocycles. The first kappa shape index (κ1) is 32.7. The Kier molecular flexibility index (Phi) is 10.3. The summed E-state index contributed by atoms with van der Waals surface area (Å²) in [7, 11) is 0. The van der Waals surface area contributed by atoms with Crippen molar-refractivity contribution in [3.63, 3.8) is 0 Å². The van der Waals surface area contributed by atoms with E-state index in [0.717, 1.165) is 12.5 Å². The number of carbonyl (C=O) groups is 2. The second-order valence-electron chi connectivity index (χ2n) is 11.8. The molecule has 2 heterocycles. The Balaban J connectivity index is 1.23. The van der Waals surface area contributed by atoms with E-state index in [1.165, 1.54) is 18.2 Å². The molecule has 2 aromatic rings. The fourth-order valence-corrected chi connectivity index (χ4v) is 6.24. The predicted octanol–water partition coefficient (Wildman–Crippen LogP) is 2.67. The van der Waals surface area contributed by atoms with Crippen LogP contribution in [0.1, 0.15) is 67.5 Å². The summed E-state index contributed by atoms with van der Waals surface area (Å²) in [4.78, 5) is 25.6. The molecule has 2 aromatic carbocycles. The van der Waals surface area contributed by atoms with Gasteiger partial charge in [-0.25, -0.2) is 0 Å². The number of phenols is 2. The van der Waals surface area contributed by atoms with E-state index < -0.39 is 61.2 Å². The lowest BCUT2D eigenvalue weighted by Crippen LogP contribution is -2.60. The lowest BCUT2D eigenvalue weighted by molar-refractivity contribution is -0.278. The Bertz CT molecular complexity index is 1370. The molecule has 6 N–H and O–H groups in total. The molecule has 2 aliphatic heterocycles. The molecule has 12 nitrogen and oxygen atoms in total. The average Bonchev–Trinajstić information content (AvgIpc) is 3.35. The van der Waals surface area contributed by atoms with Gasteiger partial charge in [0.25, 0.3) is 0 Å². The molecule has 2 fully saturated rings. The van der Waals surface area contributed by atoms with E-state index in [-0.39, 0.29) is 53.3 Å². The van der Waals surface area contributed by atoms with Gasteiger partial charge in [-0.1, -0.05) is 31.2 Å². The van der Waals surface area contributed by atoms with Gasteiger partial charge in [-0.15, -0.1) is 0 Å². The molecule has 244 valence electrons. The van der Waals surface area contributed by atoms with Crippen LogP contribution in [0.3, 0.4) is 0 Å². The van der Waals surface area contributed by atoms with E-state index in [9.17, 15) is 40.2 Å². The van der Waals surface area contributed by atoms with Crippen LogP contribution in [0.25, 0.3) is 0 Å². The lowest BCUT2D eigenvalue weighted by Gasteiger charge is -2.40. The van der Waals surface area contributed by atoms with Crippen molar-refractivity contribution in [2.45, 2.75) is 88.4 Å². The summed E-state index contributed by atoms with van der Waals surface area (Å²) in [5.74, 6) is -1.44. The molecule has 0 radical (unpaired) electrons. The Labute approximate surface area is 260 Å². The van der Waals surface area contributed by atoms with Crippen LogP contribution in [-0.4, -0.2) is 85.8 Å². The van der Waals surface area contributed by atoms with E-state index in [4.69, 9.17) is 18.9 Å². The minimum Gasteiger partial charge on any atom is -0.508 e. The standard InChI is InChI=1S/C33H40O12/c1-2-3-4-5-21-18(8-11-22(21)35)12-28(38)42-16-27-30(39)31(40)32(41)33(45-27)43-20-13-23(36)29-24(37)15-25(44-26(29)14-20)17-6-9-19(34)10-7-17/h3-4,6-7,9-10,13-14,18,21-22,25,27,30-36,39-41H,2,5,8,11-12,15-16H2,1H3/b4-3-/t18-,21-,22+,25+,27-,30-,31+,32-,33-/m1/s1. The number of hydrogen-bond donors (Lipinski definition) is 6. The van der Waals surface area contributed by atoms with Crippen LogP contribution in [0, 0.1) is 11.8 Å². The summed E-state index contributed by atoms with van der Waals surface area (Å²) in [5.41, 5.74) is 0.590. The lowest BCUT2D eigenvalue weighted by atomic mass is 9.89. The molecule has 45 heavy (non-hydrogen) atoms. The molecule has 0 aromatic heterocycles. The summed E-state index contributed by atoms with van der Waals surface area (Å²) >= 11 is 0. The third-order valence-corrected chi connectivity index (χ3v) is 8.74. The van der Waals surface area contributed by atoms with Gasteiger partial charge in [0.05, 0.1) is 12.5 Å². The molecule has 0 amide bonds. The van der Waals surface area contributed by atoms with Gasteiger partial charge in [0.2, 0.25) is 6.29 Å². The minimum atomic E-state index is -1.71. The van der Waals surface area contributed by atoms with Crippen LogP contribution >= 0.6 is 0 Å². The van der Waals surface area contributed by atoms with Crippen LogP contribution in [-0.2, 0) is 14.3 Å². The number of phenolic OH excluding ortho intramolecular Hbond substituents is 2. The second kappa shape index (κ2) is 14.2. The molecule has 5 rings (SSSR count). The van der Waals surface area contributed by atoms with Crippen molar-refractivity contribution in [3.8, 4) is 23.0 Å². The normalized spacial score (nSPS) is 31.4. The molecule has 9 atom stereocenters. The Morgan fingerprint density at radius 3 is 2.49 bits per heavy atom. The topological polar surface area (TPSA) is 192 Å². The van der Waals surface area contributed by atoms with E-state index in [1.54, 1.807) is 12.1 Å². The third-order valence-electron chi connectivity index (χ3n) is 8.74. The number of allylic oxidation sites excluding steroid dienone is 2. The maximum absolute atomic E-state index is 12.8. The number of fused-ring (bicyclic) bond motifs is 1. The van der Waals surface area contributed by atoms with Crippen molar-refractivity contribution in [1.82, 2.24) is 0 Å². The summed E-state index contributed by atoms with van der Waals surface area (Å²) in [6.07, 6.45) is -2.11. The highest BCUT2D eigenvalue weighted by molar-refractivity contribution is 6.02. The predicted molar refractivity (Wildman–Crippen MR) is 158 cm³/mol. The number of aliphatic hydroxyl groups excluding tert-OH is 4. The van der Waals surface area contributed by atoms with Crippen LogP contribution in [0.5, 0.6) is 23.0 Å². The van der Waals surface area contributed by atoms with Crippen molar-refractivity contribution in [2.75, 3.05) is 6.61 Å². The van der Waals surface area contributed by atoms with Gasteiger partial charge in [0, 0.05) is 18.6 Å². The fraction of sp³-hybridized carbons (Fsp3) is 0.515. The number of benzene rings is 2. The van der Waals surface area contributed by atoms with Crippen LogP contribution in [0.4, 0.5) is 0 Å². The zero-order chi connectivity index (χ0) is 32.2. The number of aromatic hydroxyl groups is 2. The molecule has 1 aliphatic carbocycles. The largest absolute Gasteiger partial charge is 0.508 e. The zero-order valence-corrected chi connectivity index (χ0v) is 24.9. The van der Waals surface area contributed by atoms with Crippen LogP contribution in [0.15, 0.2) is 48.6 Å². The monoisotopic (exact) mass is 628 g/mol. The molecule has 12 heteroatoms. The molecule has 0 unspecified atom stereocenters. The number of Topliss-reactive ketones (excluding diaryl/α,β-unsaturated/α-hetero) is 1. The van der Waals surface area contributed by atoms with Crippen molar-refractivity contribution in [3.05, 3.63) is 59.7 Å². The molecule has 1 saturated heterocycles. The molecular formula is C33H40O12. The van der Waals surface area contributed by atoms with Crippen molar-refractivity contribution in [2.24, 2.45) is 11.8 Å². The summed E-state index contributed by atoms with van der Waals surface area (Å²) in [6, 6.07) is 8.64. The molecule has 0 bridgehead atoms. The van der Waals surface area contributed by atoms with E-state index in [1.807, 2.05) is 19.1 Å². The third kappa shape index (κ3) is 7.42. The first-order valence-electron chi connectivity index (χ1n) is 15.3. The van der Waals surface area contributed by atoms with Crippen LogP contribution in [0.2, 0.25) is 0 Å². The van der Waals surface area contributed by atoms with Gasteiger partial charge in [0.1, 0.15) is 65.7 Å². The minimum absolute atomic E-state index is 0.0243. The van der Waals surface area contributed by atoms with Gasteiger partial charge in [-0.3, -0.25) is 9.59 Å². The number of ketones is 1. The first-order chi connectivity index (χ1) is 21.5.